The summed E-state index contributed by atoms with van der Waals surface area (Å²) in [5.74, 6) is -16.0. The molecule has 0 radical (unpaired) electrons. The van der Waals surface area contributed by atoms with Crippen molar-refractivity contribution in [2.45, 2.75) is 199 Å². The van der Waals surface area contributed by atoms with E-state index in [2.05, 4.69) is 47.5 Å². The predicted molar refractivity (Wildman–Crippen MR) is 323 cm³/mol. The topological polar surface area (TPSA) is 535 Å². The number of aliphatic hydroxyl groups excluding tert-OH is 5. The van der Waals surface area contributed by atoms with E-state index in [0.29, 0.717) is 0 Å². The third kappa shape index (κ3) is 25.8. The lowest BCUT2D eigenvalue weighted by Gasteiger charge is -2.34. The molecule has 502 valence electrons. The van der Waals surface area contributed by atoms with Gasteiger partial charge in [-0.15, -0.1) is 0 Å². The number of benzene rings is 1. The number of amides is 10. The summed E-state index contributed by atoms with van der Waals surface area (Å²) < 4.78 is 5.92. The number of cyclic esters (lactones) is 1. The molecule has 23 N–H and O–H groups in total. The summed E-state index contributed by atoms with van der Waals surface area (Å²) in [4.78, 5) is 159. The maximum Gasteiger partial charge on any atom is 0.331 e. The van der Waals surface area contributed by atoms with Crippen molar-refractivity contribution in [3.8, 4) is 0 Å². The minimum Gasteiger partial charge on any atom is -0.453 e. The number of aliphatic imine (C=N–C) groups is 1. The second-order valence-corrected chi connectivity index (χ2v) is 24.1. The summed E-state index contributed by atoms with van der Waals surface area (Å²) in [6.45, 7) is 15.3. The molecule has 1 heterocycles. The van der Waals surface area contributed by atoms with Gasteiger partial charge < -0.3 is 101 Å². The van der Waals surface area contributed by atoms with Gasteiger partial charge in [0.25, 0.3) is 0 Å². The Morgan fingerprint density at radius 2 is 1.25 bits per heavy atom. The van der Waals surface area contributed by atoms with Crippen LogP contribution in [-0.4, -0.2) is 201 Å². The Kier molecular flexibility index (Phi) is 32.6. The van der Waals surface area contributed by atoms with Gasteiger partial charge in [-0.05, 0) is 74.2 Å². The smallest absolute Gasteiger partial charge is 0.331 e. The van der Waals surface area contributed by atoms with Gasteiger partial charge in [-0.25, -0.2) is 4.79 Å². The van der Waals surface area contributed by atoms with Crippen LogP contribution in [-0.2, 0) is 57.5 Å². The Hall–Kier alpha value is -7.62. The van der Waals surface area contributed by atoms with E-state index in [1.165, 1.54) is 44.2 Å². The van der Waals surface area contributed by atoms with Gasteiger partial charge in [0, 0.05) is 6.54 Å². The molecule has 10 amide bonds. The number of rotatable bonds is 22. The molecule has 89 heavy (non-hydrogen) atoms. The van der Waals surface area contributed by atoms with Crippen LogP contribution < -0.4 is 76.1 Å². The fraction of sp³-hybridized carbons (Fsp3) is 0.684. The van der Waals surface area contributed by atoms with Crippen molar-refractivity contribution in [2.24, 2.45) is 57.5 Å². The van der Waals surface area contributed by atoms with Crippen molar-refractivity contribution in [3.63, 3.8) is 0 Å². The van der Waals surface area contributed by atoms with Gasteiger partial charge in [-0.1, -0.05) is 99.6 Å². The van der Waals surface area contributed by atoms with Crippen molar-refractivity contribution in [1.29, 1.82) is 0 Å². The number of esters is 1. The molecule has 0 spiro atoms. The summed E-state index contributed by atoms with van der Waals surface area (Å²) in [6.07, 6.45) is -9.83. The van der Waals surface area contributed by atoms with E-state index in [1.807, 2.05) is 24.5 Å². The summed E-state index contributed by atoms with van der Waals surface area (Å²) in [5.41, 5.74) is 22.6. The number of carbonyl (C=O) groups is 11. The van der Waals surface area contributed by atoms with Gasteiger partial charge >= 0.3 is 5.97 Å². The van der Waals surface area contributed by atoms with Gasteiger partial charge in [-0.3, -0.25) is 58.3 Å². The zero-order chi connectivity index (χ0) is 67.7. The van der Waals surface area contributed by atoms with E-state index in [9.17, 15) is 73.5 Å². The molecule has 1 unspecified atom stereocenters. The molecular weight excluding hydrogens is 1170 g/mol. The molecule has 0 saturated carbocycles. The first kappa shape index (κ1) is 77.5. The average molecular weight is 1260 g/mol. The van der Waals surface area contributed by atoms with Crippen molar-refractivity contribution < 1.29 is 83.0 Å². The van der Waals surface area contributed by atoms with Crippen LogP contribution in [0.4, 0.5) is 0 Å². The lowest BCUT2D eigenvalue weighted by atomic mass is 9.95. The second kappa shape index (κ2) is 37.4. The largest absolute Gasteiger partial charge is 0.453 e. The molecule has 0 aromatic heterocycles. The molecule has 0 aliphatic carbocycles. The first-order chi connectivity index (χ1) is 41.5. The van der Waals surface area contributed by atoms with E-state index < -0.39 is 181 Å². The van der Waals surface area contributed by atoms with Crippen molar-refractivity contribution in [1.82, 2.24) is 53.2 Å². The zero-order valence-corrected chi connectivity index (χ0v) is 52.5. The number of primary amides is 1. The Balaban J connectivity index is 3.11. The van der Waals surface area contributed by atoms with Crippen molar-refractivity contribution in [3.05, 3.63) is 35.9 Å². The number of nitrogens with two attached hydrogens (primary N) is 4. The molecular formula is C57H97N15O17. The van der Waals surface area contributed by atoms with Crippen LogP contribution in [0.2, 0.25) is 0 Å². The highest BCUT2D eigenvalue weighted by molar-refractivity contribution is 5.99. The highest BCUT2D eigenvalue weighted by atomic mass is 16.5. The van der Waals surface area contributed by atoms with E-state index >= 15 is 4.79 Å². The third-order valence-electron chi connectivity index (χ3n) is 14.1. The number of aliphatic hydroxyl groups is 5. The first-order valence-electron chi connectivity index (χ1n) is 29.7. The van der Waals surface area contributed by atoms with Crippen LogP contribution >= 0.6 is 0 Å². The van der Waals surface area contributed by atoms with Crippen LogP contribution in [0.1, 0.15) is 120 Å². The van der Waals surface area contributed by atoms with Crippen LogP contribution in [0.15, 0.2) is 35.3 Å². The summed E-state index contributed by atoms with van der Waals surface area (Å²) >= 11 is 0. The third-order valence-corrected chi connectivity index (χ3v) is 14.1. The standard InChI is InChI=1S/C57H97N15O17/c1-25(2)20-32(58)47(79)65-35(22-27(5)6)50(82)72-42-45(31-16-13-12-14-17-31)89-56(88)36(24-73)67-54(86)41(44(77)46(59)78)68-37(75)23-63-51(83)39(30(11)74)70-52(84)38(28(7)8)69-48(80)33(18-15-19-62-57(60)61)64-49(81)34(21-26(3)4)66-53(85)40(71-55(42)87)43(76)29(9)10/h12-14,16-17,25-30,32-36,38-45,48,69,73-74,76-77,80H,15,18-24,58H2,1-11H3,(H2,59,78)(H,63,83)(H,64,81)(H,65,79)(H,66,85)(H,67,86)(H,68,75)(H,70,84)(H,71,87)(H,72,82)(H4,60,61,62)/t30-,32+,33+,34-,35-,36-,38-,39-,40-,41-,42-,43+,44-,45+,48?/m0/s1. The molecule has 15 atom stereocenters. The monoisotopic (exact) mass is 1260 g/mol. The molecule has 1 aliphatic rings. The second-order valence-electron chi connectivity index (χ2n) is 24.1. The minimum atomic E-state index is -2.57. The lowest BCUT2D eigenvalue weighted by molar-refractivity contribution is -0.159. The Labute approximate surface area is 518 Å². The molecule has 32 heteroatoms. The summed E-state index contributed by atoms with van der Waals surface area (Å²) in [7, 11) is 0. The molecule has 1 aromatic carbocycles. The number of hydrogen-bond acceptors (Lipinski definition) is 20. The molecule has 1 fully saturated rings. The van der Waals surface area contributed by atoms with Crippen LogP contribution in [0.3, 0.4) is 0 Å². The zero-order valence-electron chi connectivity index (χ0n) is 52.5. The van der Waals surface area contributed by atoms with Crippen LogP contribution in [0, 0.1) is 29.6 Å². The molecule has 1 aliphatic heterocycles. The summed E-state index contributed by atoms with van der Waals surface area (Å²) in [5, 5.41) is 80.1. The minimum absolute atomic E-state index is 0.00773. The molecule has 1 saturated heterocycles. The van der Waals surface area contributed by atoms with Gasteiger partial charge in [0.15, 0.2) is 24.2 Å². The van der Waals surface area contributed by atoms with Crippen molar-refractivity contribution >= 4 is 71.0 Å². The van der Waals surface area contributed by atoms with Gasteiger partial charge in [0.1, 0.15) is 42.5 Å². The van der Waals surface area contributed by atoms with E-state index in [4.69, 9.17) is 27.7 Å². The molecule has 1 aromatic rings. The van der Waals surface area contributed by atoms with Crippen LogP contribution in [0.25, 0.3) is 0 Å². The van der Waals surface area contributed by atoms with Gasteiger partial charge in [-0.2, -0.15) is 0 Å². The predicted octanol–water partition coefficient (Wildman–Crippen LogP) is -6.03. The maximum atomic E-state index is 15.3. The number of hydrogen-bond donors (Lipinski definition) is 19. The summed E-state index contributed by atoms with van der Waals surface area (Å²) in [6, 6.07) is -10.3. The maximum absolute atomic E-state index is 15.3. The SMILES string of the molecule is CC(C)C[C@@H](N)C(=O)N[C@@H](CC(C)C)C(=O)N[C@@H]1C(=O)N[C@@H]([C@H](O)C(C)C)C(=O)N[C@@H](CC(C)C)C(=O)N[C@H](CCCN=C(N)N)C(O)N[C@@H](C(C)C)C(=O)N[C@@H]([C@H](C)O)C(=O)NCC(=O)N[C@@H]([C@H](O)C(N)=O)C(=O)N[C@@H](CO)C(=O)O[C@@H]1c1ccccc1. The Bertz CT molecular complexity index is 2570. The number of carbonyl (C=O) groups excluding carboxylic acids is 11. The fourth-order valence-electron chi connectivity index (χ4n) is 9.23. The van der Waals surface area contributed by atoms with Crippen molar-refractivity contribution in [2.75, 3.05) is 19.7 Å². The lowest BCUT2D eigenvalue weighted by Crippen LogP contribution is -2.64. The van der Waals surface area contributed by atoms with E-state index in [0.717, 1.165) is 6.92 Å². The average Bonchev–Trinajstić information content (AvgIpc) is 2.99. The fourth-order valence-corrected chi connectivity index (χ4v) is 9.23. The Morgan fingerprint density at radius 1 is 0.674 bits per heavy atom. The van der Waals surface area contributed by atoms with Crippen LogP contribution in [0.5, 0.6) is 0 Å². The number of nitrogens with one attached hydrogen (secondary N) is 10. The Morgan fingerprint density at radius 3 is 1.78 bits per heavy atom. The molecule has 0 bridgehead atoms. The number of nitrogens with zero attached hydrogens (tertiary/aromatic N) is 1. The normalized spacial score (nSPS) is 25.5. The quantitative estimate of drug-likeness (QED) is 0.0222. The van der Waals surface area contributed by atoms with E-state index in [-0.39, 0.29) is 67.9 Å². The van der Waals surface area contributed by atoms with Gasteiger partial charge in [0.2, 0.25) is 59.1 Å². The first-order valence-corrected chi connectivity index (χ1v) is 29.7. The van der Waals surface area contributed by atoms with E-state index in [1.54, 1.807) is 41.5 Å². The van der Waals surface area contributed by atoms with Gasteiger partial charge in [0.05, 0.1) is 43.5 Å². The molecule has 32 nitrogen and oxygen atoms in total. The highest BCUT2D eigenvalue weighted by Crippen LogP contribution is 2.25. The molecule has 2 rings (SSSR count). The highest BCUT2D eigenvalue weighted by Gasteiger charge is 2.43. The number of ether oxygens (including phenoxy) is 1. The number of guanidine groups is 1.